The standard InChI is InChI=1S/C18H18N6O/c1-4-14-12(3)22-17-15(9-21-24(17)18(14)25)13-8-20-23(10-13)16-11(2)6-5-7-19-16/h5-10,22H,4H2,1-3H3. The van der Waals surface area contributed by atoms with Crippen LogP contribution in [0.4, 0.5) is 0 Å². The predicted molar refractivity (Wildman–Crippen MR) is 95.0 cm³/mol. The molecule has 4 heterocycles. The minimum Gasteiger partial charge on any atom is -0.343 e. The zero-order chi connectivity index (χ0) is 17.6. The summed E-state index contributed by atoms with van der Waals surface area (Å²) in [6.07, 6.45) is 7.76. The molecule has 0 radical (unpaired) electrons. The number of fused-ring (bicyclic) bond motifs is 1. The smallest absolute Gasteiger partial charge is 0.277 e. The molecule has 0 saturated carbocycles. The average Bonchev–Trinajstić information content (AvgIpc) is 3.22. The number of rotatable bonds is 3. The summed E-state index contributed by atoms with van der Waals surface area (Å²) in [5.41, 5.74) is 4.97. The number of hydrogen-bond donors (Lipinski definition) is 1. The van der Waals surface area contributed by atoms with Crippen molar-refractivity contribution in [3.63, 3.8) is 0 Å². The van der Waals surface area contributed by atoms with Gasteiger partial charge in [0.1, 0.15) is 5.65 Å². The lowest BCUT2D eigenvalue weighted by Crippen LogP contribution is -2.21. The summed E-state index contributed by atoms with van der Waals surface area (Å²) in [7, 11) is 0. The lowest BCUT2D eigenvalue weighted by atomic mass is 10.1. The molecule has 0 aliphatic heterocycles. The van der Waals surface area contributed by atoms with E-state index in [-0.39, 0.29) is 5.56 Å². The third kappa shape index (κ3) is 2.36. The Labute approximate surface area is 144 Å². The van der Waals surface area contributed by atoms with E-state index in [9.17, 15) is 4.79 Å². The van der Waals surface area contributed by atoms with Crippen molar-refractivity contribution >= 4 is 5.65 Å². The van der Waals surface area contributed by atoms with Crippen LogP contribution in [0.5, 0.6) is 0 Å². The van der Waals surface area contributed by atoms with Crippen molar-refractivity contribution in [1.29, 1.82) is 0 Å². The molecule has 126 valence electrons. The Bertz CT molecular complexity index is 1130. The van der Waals surface area contributed by atoms with E-state index in [2.05, 4.69) is 20.2 Å². The van der Waals surface area contributed by atoms with Gasteiger partial charge in [0.15, 0.2) is 5.82 Å². The number of pyridine rings is 1. The van der Waals surface area contributed by atoms with Gasteiger partial charge in [0.25, 0.3) is 5.56 Å². The normalized spacial score (nSPS) is 11.3. The fraction of sp³-hybridized carbons (Fsp3) is 0.222. The first-order chi connectivity index (χ1) is 12.1. The molecule has 0 atom stereocenters. The van der Waals surface area contributed by atoms with Gasteiger partial charge in [-0.2, -0.15) is 14.7 Å². The van der Waals surface area contributed by atoms with E-state index in [4.69, 9.17) is 0 Å². The summed E-state index contributed by atoms with van der Waals surface area (Å²) >= 11 is 0. The quantitative estimate of drug-likeness (QED) is 0.624. The van der Waals surface area contributed by atoms with Crippen LogP contribution in [0.3, 0.4) is 0 Å². The highest BCUT2D eigenvalue weighted by Crippen LogP contribution is 2.24. The van der Waals surface area contributed by atoms with Gasteiger partial charge in [-0.15, -0.1) is 0 Å². The topological polar surface area (TPSA) is 80.9 Å². The molecule has 0 amide bonds. The molecule has 7 nitrogen and oxygen atoms in total. The number of nitrogens with zero attached hydrogens (tertiary/aromatic N) is 5. The predicted octanol–water partition coefficient (Wildman–Crippen LogP) is 2.45. The maximum Gasteiger partial charge on any atom is 0.277 e. The Balaban J connectivity index is 1.87. The maximum atomic E-state index is 12.5. The molecule has 4 rings (SSSR count). The first-order valence-electron chi connectivity index (χ1n) is 8.16. The molecule has 4 aromatic rings. The van der Waals surface area contributed by atoms with Crippen molar-refractivity contribution in [1.82, 2.24) is 29.4 Å². The van der Waals surface area contributed by atoms with Gasteiger partial charge in [-0.25, -0.2) is 9.67 Å². The van der Waals surface area contributed by atoms with Gasteiger partial charge in [-0.1, -0.05) is 13.0 Å². The molecular weight excluding hydrogens is 316 g/mol. The van der Waals surface area contributed by atoms with Gasteiger partial charge >= 0.3 is 0 Å². The van der Waals surface area contributed by atoms with Crippen LogP contribution in [0.25, 0.3) is 22.6 Å². The Morgan fingerprint density at radius 2 is 2.04 bits per heavy atom. The summed E-state index contributed by atoms with van der Waals surface area (Å²) in [6, 6.07) is 3.89. The lowest BCUT2D eigenvalue weighted by molar-refractivity contribution is 0.838. The molecule has 7 heteroatoms. The molecule has 0 spiro atoms. The zero-order valence-corrected chi connectivity index (χ0v) is 14.3. The Hall–Kier alpha value is -3.22. The summed E-state index contributed by atoms with van der Waals surface area (Å²) in [5.74, 6) is 0.781. The molecule has 0 bridgehead atoms. The first-order valence-corrected chi connectivity index (χ1v) is 8.16. The Morgan fingerprint density at radius 3 is 2.80 bits per heavy atom. The third-order valence-electron chi connectivity index (χ3n) is 4.42. The van der Waals surface area contributed by atoms with E-state index in [1.54, 1.807) is 23.3 Å². The summed E-state index contributed by atoms with van der Waals surface area (Å²) < 4.78 is 3.16. The van der Waals surface area contributed by atoms with Crippen LogP contribution >= 0.6 is 0 Å². The number of aromatic amines is 1. The molecule has 0 fully saturated rings. The number of aryl methyl sites for hydroxylation is 2. The van der Waals surface area contributed by atoms with Gasteiger partial charge in [-0.3, -0.25) is 4.79 Å². The monoisotopic (exact) mass is 334 g/mol. The molecule has 0 saturated heterocycles. The fourth-order valence-corrected chi connectivity index (χ4v) is 3.09. The van der Waals surface area contributed by atoms with Gasteiger partial charge in [0, 0.05) is 34.8 Å². The first kappa shape index (κ1) is 15.3. The van der Waals surface area contributed by atoms with Crippen LogP contribution in [0.2, 0.25) is 0 Å². The van der Waals surface area contributed by atoms with Gasteiger partial charge in [-0.05, 0) is 31.9 Å². The summed E-state index contributed by atoms with van der Waals surface area (Å²) in [5, 5.41) is 8.68. The SMILES string of the molecule is CCc1c(C)[nH]c2c(-c3cnn(-c4ncccc4C)c3)cnn2c1=O. The number of hydrogen-bond acceptors (Lipinski definition) is 4. The van der Waals surface area contributed by atoms with Crippen molar-refractivity contribution in [3.05, 3.63) is 64.1 Å². The van der Waals surface area contributed by atoms with Crippen LogP contribution in [0, 0.1) is 13.8 Å². The second kappa shape index (κ2) is 5.70. The van der Waals surface area contributed by atoms with Crippen LogP contribution in [0.1, 0.15) is 23.7 Å². The summed E-state index contributed by atoms with van der Waals surface area (Å²) in [6.45, 7) is 5.87. The second-order valence-corrected chi connectivity index (χ2v) is 6.02. The van der Waals surface area contributed by atoms with Crippen molar-refractivity contribution in [2.45, 2.75) is 27.2 Å². The lowest BCUT2D eigenvalue weighted by Gasteiger charge is -2.04. The van der Waals surface area contributed by atoms with Crippen molar-refractivity contribution in [2.75, 3.05) is 0 Å². The van der Waals surface area contributed by atoms with Crippen molar-refractivity contribution < 1.29 is 0 Å². The van der Waals surface area contributed by atoms with E-state index in [1.807, 2.05) is 39.1 Å². The van der Waals surface area contributed by atoms with Crippen LogP contribution in [0.15, 0.2) is 41.7 Å². The fourth-order valence-electron chi connectivity index (χ4n) is 3.09. The average molecular weight is 334 g/mol. The Kier molecular flexibility index (Phi) is 3.49. The number of H-pyrrole nitrogens is 1. The van der Waals surface area contributed by atoms with Gasteiger partial charge in [0.05, 0.1) is 12.4 Å². The van der Waals surface area contributed by atoms with E-state index in [1.165, 1.54) is 4.52 Å². The number of aromatic nitrogens is 6. The molecule has 1 N–H and O–H groups in total. The van der Waals surface area contributed by atoms with E-state index < -0.39 is 0 Å². The molecule has 25 heavy (non-hydrogen) atoms. The molecule has 0 aliphatic carbocycles. The second-order valence-electron chi connectivity index (χ2n) is 6.02. The van der Waals surface area contributed by atoms with Crippen LogP contribution in [-0.4, -0.2) is 29.4 Å². The van der Waals surface area contributed by atoms with Gasteiger partial charge < -0.3 is 4.98 Å². The van der Waals surface area contributed by atoms with E-state index >= 15 is 0 Å². The molecule has 0 unspecified atom stereocenters. The van der Waals surface area contributed by atoms with Crippen molar-refractivity contribution in [2.24, 2.45) is 0 Å². The highest BCUT2D eigenvalue weighted by Gasteiger charge is 2.15. The number of nitrogens with one attached hydrogen (secondary N) is 1. The highest BCUT2D eigenvalue weighted by molar-refractivity contribution is 5.76. The van der Waals surface area contributed by atoms with Crippen molar-refractivity contribution in [3.8, 4) is 16.9 Å². The minimum absolute atomic E-state index is 0.0760. The zero-order valence-electron chi connectivity index (χ0n) is 14.3. The highest BCUT2D eigenvalue weighted by atomic mass is 16.1. The van der Waals surface area contributed by atoms with Crippen LogP contribution in [-0.2, 0) is 6.42 Å². The maximum absolute atomic E-state index is 12.5. The van der Waals surface area contributed by atoms with Crippen LogP contribution < -0.4 is 5.56 Å². The molecule has 0 aliphatic rings. The van der Waals surface area contributed by atoms with E-state index in [0.717, 1.165) is 33.8 Å². The van der Waals surface area contributed by atoms with E-state index in [0.29, 0.717) is 12.1 Å². The Morgan fingerprint density at radius 1 is 1.20 bits per heavy atom. The minimum atomic E-state index is -0.0760. The third-order valence-corrected chi connectivity index (χ3v) is 4.42. The molecule has 0 aromatic carbocycles. The largest absolute Gasteiger partial charge is 0.343 e. The molecule has 4 aromatic heterocycles. The van der Waals surface area contributed by atoms with Gasteiger partial charge in [0.2, 0.25) is 0 Å². The molecular formula is C18H18N6O. The summed E-state index contributed by atoms with van der Waals surface area (Å²) in [4.78, 5) is 20.2.